The highest BCUT2D eigenvalue weighted by Crippen LogP contribution is 1.81. The molecule has 0 heterocycles. The summed E-state index contributed by atoms with van der Waals surface area (Å²) >= 11 is 0. The van der Waals surface area contributed by atoms with E-state index < -0.39 is 0 Å². The van der Waals surface area contributed by atoms with Gasteiger partial charge in [0.1, 0.15) is 0 Å². The van der Waals surface area contributed by atoms with Crippen LogP contribution in [0.3, 0.4) is 0 Å². The van der Waals surface area contributed by atoms with Gasteiger partial charge in [0.15, 0.2) is 0 Å². The number of hydrazine groups is 1. The van der Waals surface area contributed by atoms with Gasteiger partial charge in [0.25, 0.3) is 0 Å². The molecular formula is C6H16N2O2. The van der Waals surface area contributed by atoms with Crippen molar-refractivity contribution in [2.24, 2.45) is 5.84 Å². The smallest absolute Gasteiger partial charge is 0.0701 e. The van der Waals surface area contributed by atoms with Crippen LogP contribution in [0.4, 0.5) is 0 Å². The fourth-order valence-electron chi connectivity index (χ4n) is 0.450. The van der Waals surface area contributed by atoms with E-state index in [9.17, 15) is 0 Å². The van der Waals surface area contributed by atoms with E-state index in [0.717, 1.165) is 0 Å². The first kappa shape index (κ1) is 9.84. The van der Waals surface area contributed by atoms with Crippen molar-refractivity contribution in [3.05, 3.63) is 0 Å². The molecule has 0 aromatic rings. The largest absolute Gasteiger partial charge is 0.382 e. The summed E-state index contributed by atoms with van der Waals surface area (Å²) in [6.45, 7) is 3.84. The van der Waals surface area contributed by atoms with Gasteiger partial charge in [-0.25, -0.2) is 0 Å². The van der Waals surface area contributed by atoms with Crippen LogP contribution in [0.5, 0.6) is 0 Å². The lowest BCUT2D eigenvalue weighted by atomic mass is 10.4. The molecule has 1 atom stereocenters. The van der Waals surface area contributed by atoms with Crippen molar-refractivity contribution in [1.29, 1.82) is 0 Å². The van der Waals surface area contributed by atoms with Gasteiger partial charge >= 0.3 is 0 Å². The molecule has 4 nitrogen and oxygen atoms in total. The van der Waals surface area contributed by atoms with Gasteiger partial charge in [0, 0.05) is 13.2 Å². The molecule has 0 aromatic heterocycles. The summed E-state index contributed by atoms with van der Waals surface area (Å²) in [5.74, 6) is 5.13. The molecule has 3 N–H and O–H groups in total. The highest BCUT2D eigenvalue weighted by atomic mass is 16.5. The van der Waals surface area contributed by atoms with Crippen LogP contribution < -0.4 is 11.3 Å². The van der Waals surface area contributed by atoms with Crippen molar-refractivity contribution in [2.75, 3.05) is 26.9 Å². The number of nitrogens with two attached hydrogens (primary N) is 1. The molecule has 0 aromatic carbocycles. The zero-order valence-corrected chi connectivity index (χ0v) is 6.59. The number of hydrogen-bond acceptors (Lipinski definition) is 4. The Kier molecular flexibility index (Phi) is 6.84. The van der Waals surface area contributed by atoms with Crippen molar-refractivity contribution < 1.29 is 9.47 Å². The second-order valence-electron chi connectivity index (χ2n) is 2.14. The maximum Gasteiger partial charge on any atom is 0.0701 e. The molecule has 0 radical (unpaired) electrons. The van der Waals surface area contributed by atoms with Crippen LogP contribution in [0.1, 0.15) is 6.92 Å². The first-order valence-corrected chi connectivity index (χ1v) is 3.34. The second kappa shape index (κ2) is 6.95. The van der Waals surface area contributed by atoms with Crippen LogP contribution in [0, 0.1) is 0 Å². The van der Waals surface area contributed by atoms with Crippen molar-refractivity contribution in [3.63, 3.8) is 0 Å². The Hall–Kier alpha value is -0.160. The number of nitrogens with one attached hydrogen (secondary N) is 1. The van der Waals surface area contributed by atoms with Gasteiger partial charge in [-0.1, -0.05) is 0 Å². The molecular weight excluding hydrogens is 132 g/mol. The lowest BCUT2D eigenvalue weighted by molar-refractivity contribution is 0.0611. The average molecular weight is 148 g/mol. The highest BCUT2D eigenvalue weighted by molar-refractivity contribution is 4.51. The van der Waals surface area contributed by atoms with E-state index in [4.69, 9.17) is 15.3 Å². The molecule has 0 amide bonds. The minimum Gasteiger partial charge on any atom is -0.382 e. The van der Waals surface area contributed by atoms with Crippen LogP contribution in [0.2, 0.25) is 0 Å². The van der Waals surface area contributed by atoms with E-state index >= 15 is 0 Å². The zero-order chi connectivity index (χ0) is 7.82. The SMILES string of the molecule is COCCOCC(C)NN. The summed E-state index contributed by atoms with van der Waals surface area (Å²) in [5.41, 5.74) is 2.58. The number of rotatable bonds is 6. The Balaban J connectivity index is 2.89. The third-order valence-corrected chi connectivity index (χ3v) is 1.08. The summed E-state index contributed by atoms with van der Waals surface area (Å²) < 4.78 is 9.94. The van der Waals surface area contributed by atoms with Crippen LogP contribution in [0.25, 0.3) is 0 Å². The number of ether oxygens (including phenoxy) is 2. The summed E-state index contributed by atoms with van der Waals surface area (Å²) in [5, 5.41) is 0. The van der Waals surface area contributed by atoms with Gasteiger partial charge < -0.3 is 9.47 Å². The minimum absolute atomic E-state index is 0.205. The van der Waals surface area contributed by atoms with Crippen molar-refractivity contribution in [1.82, 2.24) is 5.43 Å². The fraction of sp³-hybridized carbons (Fsp3) is 1.00. The Bertz CT molecular complexity index is 70.8. The highest BCUT2D eigenvalue weighted by Gasteiger charge is 1.96. The topological polar surface area (TPSA) is 56.5 Å². The molecule has 0 spiro atoms. The van der Waals surface area contributed by atoms with Crippen LogP contribution in [-0.4, -0.2) is 33.0 Å². The van der Waals surface area contributed by atoms with Crippen LogP contribution in [0.15, 0.2) is 0 Å². The molecule has 0 saturated carbocycles. The van der Waals surface area contributed by atoms with E-state index in [0.29, 0.717) is 19.8 Å². The lowest BCUT2D eigenvalue weighted by Crippen LogP contribution is -2.36. The first-order chi connectivity index (χ1) is 4.81. The molecule has 0 bridgehead atoms. The minimum atomic E-state index is 0.205. The van der Waals surface area contributed by atoms with E-state index in [1.807, 2.05) is 6.92 Å². The lowest BCUT2D eigenvalue weighted by Gasteiger charge is -2.09. The molecule has 0 aliphatic heterocycles. The normalized spacial score (nSPS) is 13.5. The molecule has 0 aliphatic carbocycles. The van der Waals surface area contributed by atoms with Crippen LogP contribution >= 0.6 is 0 Å². The third-order valence-electron chi connectivity index (χ3n) is 1.08. The predicted octanol–water partition coefficient (Wildman–Crippen LogP) is -0.499. The van der Waals surface area contributed by atoms with E-state index in [1.54, 1.807) is 7.11 Å². The van der Waals surface area contributed by atoms with Gasteiger partial charge in [-0.3, -0.25) is 11.3 Å². The van der Waals surface area contributed by atoms with E-state index in [2.05, 4.69) is 5.43 Å². The number of hydrogen-bond donors (Lipinski definition) is 2. The molecule has 0 fully saturated rings. The van der Waals surface area contributed by atoms with Gasteiger partial charge in [-0.2, -0.15) is 0 Å². The maximum atomic E-state index is 5.16. The molecule has 1 unspecified atom stereocenters. The van der Waals surface area contributed by atoms with Gasteiger partial charge in [-0.15, -0.1) is 0 Å². The summed E-state index contributed by atoms with van der Waals surface area (Å²) in [6, 6.07) is 0.205. The van der Waals surface area contributed by atoms with Crippen LogP contribution in [-0.2, 0) is 9.47 Å². The molecule has 0 rings (SSSR count). The van der Waals surface area contributed by atoms with E-state index in [1.165, 1.54) is 0 Å². The first-order valence-electron chi connectivity index (χ1n) is 3.34. The predicted molar refractivity (Wildman–Crippen MR) is 39.5 cm³/mol. The molecule has 10 heavy (non-hydrogen) atoms. The molecule has 62 valence electrons. The van der Waals surface area contributed by atoms with Gasteiger partial charge in [-0.05, 0) is 6.92 Å². The van der Waals surface area contributed by atoms with Gasteiger partial charge in [0.2, 0.25) is 0 Å². The molecule has 4 heteroatoms. The quantitative estimate of drug-likeness (QED) is 0.303. The Morgan fingerprint density at radius 3 is 2.70 bits per heavy atom. The monoisotopic (exact) mass is 148 g/mol. The zero-order valence-electron chi connectivity index (χ0n) is 6.59. The Morgan fingerprint density at radius 2 is 2.20 bits per heavy atom. The van der Waals surface area contributed by atoms with Gasteiger partial charge in [0.05, 0.1) is 19.8 Å². The van der Waals surface area contributed by atoms with Crippen molar-refractivity contribution in [3.8, 4) is 0 Å². The third kappa shape index (κ3) is 5.97. The van der Waals surface area contributed by atoms with Crippen molar-refractivity contribution >= 4 is 0 Å². The summed E-state index contributed by atoms with van der Waals surface area (Å²) in [4.78, 5) is 0. The second-order valence-corrected chi connectivity index (χ2v) is 2.14. The standard InChI is InChI=1S/C6H16N2O2/c1-6(8-7)5-10-4-3-9-2/h6,8H,3-5,7H2,1-2H3. The molecule has 0 aliphatic rings. The summed E-state index contributed by atoms with van der Waals surface area (Å²) in [6.07, 6.45) is 0. The molecule has 0 saturated heterocycles. The van der Waals surface area contributed by atoms with Crippen molar-refractivity contribution in [2.45, 2.75) is 13.0 Å². The number of methoxy groups -OCH3 is 1. The maximum absolute atomic E-state index is 5.16. The Morgan fingerprint density at radius 1 is 1.50 bits per heavy atom. The Labute approximate surface area is 61.7 Å². The average Bonchev–Trinajstić information content (AvgIpc) is 1.98. The van der Waals surface area contributed by atoms with E-state index in [-0.39, 0.29) is 6.04 Å². The fourth-order valence-corrected chi connectivity index (χ4v) is 0.450. The summed E-state index contributed by atoms with van der Waals surface area (Å²) in [7, 11) is 1.65.